The minimum absolute atomic E-state index is 0.303. The predicted molar refractivity (Wildman–Crippen MR) is 64.3 cm³/mol. The SMILES string of the molecule is Fc1ccc(Oc2ccnn2Cc2cnco2)cc1. The van der Waals surface area contributed by atoms with E-state index in [9.17, 15) is 4.39 Å². The van der Waals surface area contributed by atoms with Crippen LogP contribution in [-0.2, 0) is 6.54 Å². The normalized spacial score (nSPS) is 10.6. The molecule has 0 bridgehead atoms. The predicted octanol–water partition coefficient (Wildman–Crippen LogP) is 2.85. The zero-order valence-corrected chi connectivity index (χ0v) is 9.86. The number of halogens is 1. The Balaban J connectivity index is 1.78. The fourth-order valence-electron chi connectivity index (χ4n) is 1.62. The van der Waals surface area contributed by atoms with Crippen LogP contribution in [-0.4, -0.2) is 14.8 Å². The fraction of sp³-hybridized carbons (Fsp3) is 0.0769. The number of nitrogens with zero attached hydrogens (tertiary/aromatic N) is 3. The highest BCUT2D eigenvalue weighted by Crippen LogP contribution is 2.21. The van der Waals surface area contributed by atoms with Gasteiger partial charge in [0.05, 0.1) is 12.4 Å². The molecule has 3 rings (SSSR count). The Morgan fingerprint density at radius 3 is 2.79 bits per heavy atom. The monoisotopic (exact) mass is 259 g/mol. The molecule has 6 heteroatoms. The summed E-state index contributed by atoms with van der Waals surface area (Å²) in [5.74, 6) is 1.46. The van der Waals surface area contributed by atoms with Crippen LogP contribution in [0.2, 0.25) is 0 Å². The van der Waals surface area contributed by atoms with E-state index in [2.05, 4.69) is 10.1 Å². The highest BCUT2D eigenvalue weighted by molar-refractivity contribution is 5.27. The standard InChI is InChI=1S/C13H10FN3O2/c14-10-1-3-11(4-2-10)19-13-5-6-16-17(13)8-12-7-15-9-18-12/h1-7,9H,8H2. The van der Waals surface area contributed by atoms with Gasteiger partial charge >= 0.3 is 0 Å². The van der Waals surface area contributed by atoms with E-state index in [1.54, 1.807) is 35.3 Å². The lowest BCUT2D eigenvalue weighted by Crippen LogP contribution is -2.02. The lowest BCUT2D eigenvalue weighted by molar-refractivity contribution is 0.400. The van der Waals surface area contributed by atoms with E-state index in [0.717, 1.165) is 0 Å². The maximum atomic E-state index is 12.8. The third-order valence-corrected chi connectivity index (χ3v) is 2.50. The average Bonchev–Trinajstić information content (AvgIpc) is 3.06. The van der Waals surface area contributed by atoms with Gasteiger partial charge in [0.25, 0.3) is 0 Å². The number of benzene rings is 1. The Hall–Kier alpha value is -2.63. The first-order valence-electron chi connectivity index (χ1n) is 5.64. The third kappa shape index (κ3) is 2.62. The molecule has 19 heavy (non-hydrogen) atoms. The lowest BCUT2D eigenvalue weighted by Gasteiger charge is -2.07. The van der Waals surface area contributed by atoms with Crippen molar-refractivity contribution in [2.24, 2.45) is 0 Å². The molecule has 0 fully saturated rings. The molecule has 0 amide bonds. The van der Waals surface area contributed by atoms with E-state index in [4.69, 9.17) is 9.15 Å². The molecule has 0 aliphatic carbocycles. The van der Waals surface area contributed by atoms with E-state index < -0.39 is 0 Å². The van der Waals surface area contributed by atoms with E-state index >= 15 is 0 Å². The molecule has 3 aromatic rings. The van der Waals surface area contributed by atoms with Crippen molar-refractivity contribution in [3.05, 3.63) is 60.7 Å². The summed E-state index contributed by atoms with van der Waals surface area (Å²) < 4.78 is 25.2. The molecule has 96 valence electrons. The van der Waals surface area contributed by atoms with Crippen LogP contribution in [0.3, 0.4) is 0 Å². The summed E-state index contributed by atoms with van der Waals surface area (Å²) in [5, 5.41) is 4.13. The summed E-state index contributed by atoms with van der Waals surface area (Å²) in [6.07, 6.45) is 4.60. The molecule has 1 aromatic carbocycles. The average molecular weight is 259 g/mol. The number of aromatic nitrogens is 3. The number of ether oxygens (including phenoxy) is 1. The molecular formula is C13H10FN3O2. The molecule has 0 aliphatic heterocycles. The summed E-state index contributed by atoms with van der Waals surface area (Å²) in [7, 11) is 0. The number of hydrogen-bond donors (Lipinski definition) is 0. The topological polar surface area (TPSA) is 53.1 Å². The van der Waals surface area contributed by atoms with Crippen LogP contribution in [0.5, 0.6) is 11.6 Å². The van der Waals surface area contributed by atoms with Gasteiger partial charge in [-0.2, -0.15) is 5.10 Å². The van der Waals surface area contributed by atoms with Gasteiger partial charge in [-0.25, -0.2) is 14.1 Å². The van der Waals surface area contributed by atoms with Crippen LogP contribution >= 0.6 is 0 Å². The van der Waals surface area contributed by atoms with Gasteiger partial charge in [0.2, 0.25) is 5.88 Å². The van der Waals surface area contributed by atoms with Crippen molar-refractivity contribution < 1.29 is 13.5 Å². The molecule has 0 saturated heterocycles. The molecule has 0 radical (unpaired) electrons. The lowest BCUT2D eigenvalue weighted by atomic mass is 10.3. The molecule has 0 aliphatic rings. The van der Waals surface area contributed by atoms with Crippen molar-refractivity contribution in [2.45, 2.75) is 6.54 Å². The number of rotatable bonds is 4. The van der Waals surface area contributed by atoms with Gasteiger partial charge in [0, 0.05) is 6.07 Å². The van der Waals surface area contributed by atoms with Crippen molar-refractivity contribution >= 4 is 0 Å². The molecule has 0 saturated carbocycles. The molecule has 0 unspecified atom stereocenters. The van der Waals surface area contributed by atoms with Crippen molar-refractivity contribution in [2.75, 3.05) is 0 Å². The maximum Gasteiger partial charge on any atom is 0.218 e. The van der Waals surface area contributed by atoms with E-state index in [-0.39, 0.29) is 5.82 Å². The minimum Gasteiger partial charge on any atom is -0.447 e. The third-order valence-electron chi connectivity index (χ3n) is 2.50. The van der Waals surface area contributed by atoms with Crippen molar-refractivity contribution in [3.63, 3.8) is 0 Å². The van der Waals surface area contributed by atoms with Gasteiger partial charge in [-0.15, -0.1) is 0 Å². The summed E-state index contributed by atoms with van der Waals surface area (Å²) in [4.78, 5) is 3.84. The Labute approximate surface area is 108 Å². The minimum atomic E-state index is -0.303. The maximum absolute atomic E-state index is 12.8. The quantitative estimate of drug-likeness (QED) is 0.723. The van der Waals surface area contributed by atoms with Crippen molar-refractivity contribution in [1.82, 2.24) is 14.8 Å². The first-order chi connectivity index (χ1) is 9.31. The van der Waals surface area contributed by atoms with Crippen molar-refractivity contribution in [3.8, 4) is 11.6 Å². The molecule has 0 N–H and O–H groups in total. The van der Waals surface area contributed by atoms with Gasteiger partial charge in [-0.1, -0.05) is 0 Å². The van der Waals surface area contributed by atoms with E-state index in [0.29, 0.717) is 23.9 Å². The number of oxazole rings is 1. The summed E-state index contributed by atoms with van der Waals surface area (Å²) in [6, 6.07) is 7.51. The van der Waals surface area contributed by atoms with Gasteiger partial charge in [-0.3, -0.25) is 0 Å². The highest BCUT2D eigenvalue weighted by atomic mass is 19.1. The van der Waals surface area contributed by atoms with Crippen molar-refractivity contribution in [1.29, 1.82) is 0 Å². The Morgan fingerprint density at radius 1 is 1.21 bits per heavy atom. The Kier molecular flexibility index (Phi) is 2.97. The van der Waals surface area contributed by atoms with Gasteiger partial charge < -0.3 is 9.15 Å². The first kappa shape index (κ1) is 11.5. The first-order valence-corrected chi connectivity index (χ1v) is 5.64. The van der Waals surface area contributed by atoms with Crippen LogP contribution in [0.4, 0.5) is 4.39 Å². The summed E-state index contributed by atoms with van der Waals surface area (Å²) >= 11 is 0. The van der Waals surface area contributed by atoms with Gasteiger partial charge in [0.15, 0.2) is 6.39 Å². The molecule has 5 nitrogen and oxygen atoms in total. The van der Waals surface area contributed by atoms with E-state index in [1.165, 1.54) is 18.5 Å². The van der Waals surface area contributed by atoms with Crippen LogP contribution in [0.25, 0.3) is 0 Å². The molecule has 0 atom stereocenters. The molecule has 0 spiro atoms. The fourth-order valence-corrected chi connectivity index (χ4v) is 1.62. The second-order valence-electron chi connectivity index (χ2n) is 3.85. The smallest absolute Gasteiger partial charge is 0.218 e. The zero-order valence-electron chi connectivity index (χ0n) is 9.86. The van der Waals surface area contributed by atoms with Crippen LogP contribution in [0, 0.1) is 5.82 Å². The van der Waals surface area contributed by atoms with Crippen LogP contribution in [0.1, 0.15) is 5.76 Å². The second kappa shape index (κ2) is 4.93. The Bertz CT molecular complexity index is 647. The van der Waals surface area contributed by atoms with Crippen LogP contribution < -0.4 is 4.74 Å². The molecular weight excluding hydrogens is 249 g/mol. The number of hydrogen-bond acceptors (Lipinski definition) is 4. The summed E-state index contributed by atoms with van der Waals surface area (Å²) in [5.41, 5.74) is 0. The Morgan fingerprint density at radius 2 is 2.05 bits per heavy atom. The van der Waals surface area contributed by atoms with Crippen LogP contribution in [0.15, 0.2) is 53.5 Å². The highest BCUT2D eigenvalue weighted by Gasteiger charge is 2.07. The summed E-state index contributed by atoms with van der Waals surface area (Å²) in [6.45, 7) is 0.420. The second-order valence-corrected chi connectivity index (χ2v) is 3.85. The van der Waals surface area contributed by atoms with Gasteiger partial charge in [-0.05, 0) is 24.3 Å². The largest absolute Gasteiger partial charge is 0.447 e. The molecule has 2 heterocycles. The zero-order chi connectivity index (χ0) is 13.1. The van der Waals surface area contributed by atoms with E-state index in [1.807, 2.05) is 0 Å². The van der Waals surface area contributed by atoms with Gasteiger partial charge in [0.1, 0.15) is 23.9 Å². The molecule has 2 aromatic heterocycles.